The van der Waals surface area contributed by atoms with E-state index >= 15 is 0 Å². The minimum atomic E-state index is -1.14. The van der Waals surface area contributed by atoms with Crippen LogP contribution in [0.15, 0.2) is 24.3 Å². The Morgan fingerprint density at radius 2 is 1.41 bits per heavy atom. The van der Waals surface area contributed by atoms with Gasteiger partial charge < -0.3 is 5.11 Å². The summed E-state index contributed by atoms with van der Waals surface area (Å²) in [6.07, 6.45) is 0. The predicted molar refractivity (Wildman–Crippen MR) is 67.9 cm³/mol. The molecule has 1 N–H and O–H groups in total. The molecule has 0 saturated heterocycles. The molecule has 1 aliphatic rings. The Bertz CT molecular complexity index is 454. The first-order valence-electron chi connectivity index (χ1n) is 5.69. The SMILES string of the molecule is CC1(C)C(=O)C(C)(C)C1(O)c1ccc(Cl)cc1. The Kier molecular flexibility index (Phi) is 2.47. The Balaban J connectivity index is 2.56. The highest BCUT2D eigenvalue weighted by atomic mass is 35.5. The number of Topliss-reactive ketones (excluding diaryl/α,β-unsaturated/α-hetero) is 1. The molecule has 2 nitrogen and oxygen atoms in total. The molecule has 1 aromatic rings. The highest BCUT2D eigenvalue weighted by Crippen LogP contribution is 2.63. The van der Waals surface area contributed by atoms with Gasteiger partial charge in [-0.1, -0.05) is 23.7 Å². The molecule has 3 heteroatoms. The van der Waals surface area contributed by atoms with Gasteiger partial charge in [0, 0.05) is 5.02 Å². The van der Waals surface area contributed by atoms with Gasteiger partial charge in [-0.25, -0.2) is 0 Å². The molecule has 0 atom stereocenters. The van der Waals surface area contributed by atoms with E-state index < -0.39 is 16.4 Å². The first-order chi connectivity index (χ1) is 7.65. The van der Waals surface area contributed by atoms with Crippen LogP contribution in [0.1, 0.15) is 33.3 Å². The summed E-state index contributed by atoms with van der Waals surface area (Å²) in [5, 5.41) is 11.6. The number of carbonyl (C=O) groups is 1. The van der Waals surface area contributed by atoms with Crippen LogP contribution in [-0.4, -0.2) is 10.9 Å². The van der Waals surface area contributed by atoms with Crippen molar-refractivity contribution in [2.24, 2.45) is 10.8 Å². The maximum Gasteiger partial charge on any atom is 0.150 e. The number of aliphatic hydroxyl groups is 1. The van der Waals surface area contributed by atoms with Crippen molar-refractivity contribution in [2.75, 3.05) is 0 Å². The Hall–Kier alpha value is -0.860. The molecule has 1 aliphatic carbocycles. The van der Waals surface area contributed by atoms with Gasteiger partial charge in [0.15, 0.2) is 5.78 Å². The molecular weight excluding hydrogens is 236 g/mol. The molecule has 1 fully saturated rings. The molecule has 1 aromatic carbocycles. The number of rotatable bonds is 1. The number of hydrogen-bond acceptors (Lipinski definition) is 2. The number of halogens is 1. The zero-order valence-electron chi connectivity index (χ0n) is 10.5. The maximum absolute atomic E-state index is 12.1. The molecule has 0 heterocycles. The van der Waals surface area contributed by atoms with Gasteiger partial charge in [-0.15, -0.1) is 0 Å². The largest absolute Gasteiger partial charge is 0.383 e. The fourth-order valence-corrected chi connectivity index (χ4v) is 3.37. The standard InChI is InChI=1S/C14H17ClO2/c1-12(2)11(16)13(3,4)14(12,17)9-5-7-10(15)8-6-9/h5-8,17H,1-4H3. The average molecular weight is 253 g/mol. The van der Waals surface area contributed by atoms with E-state index in [0.29, 0.717) is 5.02 Å². The summed E-state index contributed by atoms with van der Waals surface area (Å²) in [6.45, 7) is 7.15. The van der Waals surface area contributed by atoms with Crippen molar-refractivity contribution < 1.29 is 9.90 Å². The number of hydrogen-bond donors (Lipinski definition) is 1. The highest BCUT2D eigenvalue weighted by molar-refractivity contribution is 6.30. The van der Waals surface area contributed by atoms with Crippen LogP contribution >= 0.6 is 11.6 Å². The van der Waals surface area contributed by atoms with E-state index in [1.807, 2.05) is 0 Å². The summed E-state index contributed by atoms with van der Waals surface area (Å²) in [5.74, 6) is 0.0856. The third kappa shape index (κ3) is 1.28. The number of ketones is 1. The first-order valence-corrected chi connectivity index (χ1v) is 6.07. The van der Waals surface area contributed by atoms with E-state index in [9.17, 15) is 9.90 Å². The zero-order valence-corrected chi connectivity index (χ0v) is 11.3. The van der Waals surface area contributed by atoms with Crippen molar-refractivity contribution in [3.05, 3.63) is 34.9 Å². The molecular formula is C14H17ClO2. The van der Waals surface area contributed by atoms with E-state index in [1.165, 1.54) is 0 Å². The van der Waals surface area contributed by atoms with E-state index in [-0.39, 0.29) is 5.78 Å². The topological polar surface area (TPSA) is 37.3 Å². The molecule has 17 heavy (non-hydrogen) atoms. The summed E-state index contributed by atoms with van der Waals surface area (Å²) in [7, 11) is 0. The summed E-state index contributed by atoms with van der Waals surface area (Å²) >= 11 is 5.85. The van der Waals surface area contributed by atoms with Crippen molar-refractivity contribution in [1.29, 1.82) is 0 Å². The summed E-state index contributed by atoms with van der Waals surface area (Å²) in [5.41, 5.74) is -1.91. The fourth-order valence-electron chi connectivity index (χ4n) is 3.24. The molecule has 0 radical (unpaired) electrons. The monoisotopic (exact) mass is 252 g/mol. The molecule has 1 saturated carbocycles. The van der Waals surface area contributed by atoms with Crippen LogP contribution in [0.2, 0.25) is 5.02 Å². The van der Waals surface area contributed by atoms with Gasteiger partial charge in [0.25, 0.3) is 0 Å². The second kappa shape index (κ2) is 3.33. The quantitative estimate of drug-likeness (QED) is 0.834. The van der Waals surface area contributed by atoms with Gasteiger partial charge in [0.05, 0.1) is 10.8 Å². The minimum absolute atomic E-state index is 0.0856. The third-order valence-electron chi connectivity index (χ3n) is 4.21. The summed E-state index contributed by atoms with van der Waals surface area (Å²) in [4.78, 5) is 12.1. The van der Waals surface area contributed by atoms with Crippen molar-refractivity contribution in [1.82, 2.24) is 0 Å². The zero-order chi connectivity index (χ0) is 13.1. The molecule has 0 bridgehead atoms. The Labute approximate surface area is 107 Å². The van der Waals surface area contributed by atoms with E-state index in [2.05, 4.69) is 0 Å². The van der Waals surface area contributed by atoms with E-state index in [0.717, 1.165) is 5.56 Å². The number of carbonyl (C=O) groups excluding carboxylic acids is 1. The van der Waals surface area contributed by atoms with Crippen molar-refractivity contribution in [2.45, 2.75) is 33.3 Å². The smallest absolute Gasteiger partial charge is 0.150 e. The van der Waals surface area contributed by atoms with Crippen LogP contribution in [-0.2, 0) is 10.4 Å². The van der Waals surface area contributed by atoms with Gasteiger partial charge in [0.1, 0.15) is 5.60 Å². The molecule has 0 amide bonds. The molecule has 2 rings (SSSR count). The lowest BCUT2D eigenvalue weighted by Gasteiger charge is -2.62. The van der Waals surface area contributed by atoms with Gasteiger partial charge in [0.2, 0.25) is 0 Å². The van der Waals surface area contributed by atoms with Crippen LogP contribution in [0.5, 0.6) is 0 Å². The van der Waals surface area contributed by atoms with Crippen LogP contribution in [0.3, 0.4) is 0 Å². The van der Waals surface area contributed by atoms with E-state index in [1.54, 1.807) is 52.0 Å². The lowest BCUT2D eigenvalue weighted by molar-refractivity contribution is -0.230. The minimum Gasteiger partial charge on any atom is -0.383 e. The highest BCUT2D eigenvalue weighted by Gasteiger charge is 2.72. The molecule has 0 spiro atoms. The van der Waals surface area contributed by atoms with Crippen molar-refractivity contribution in [3.8, 4) is 0 Å². The van der Waals surface area contributed by atoms with E-state index in [4.69, 9.17) is 11.6 Å². The molecule has 92 valence electrons. The van der Waals surface area contributed by atoms with Crippen molar-refractivity contribution in [3.63, 3.8) is 0 Å². The fraction of sp³-hybridized carbons (Fsp3) is 0.500. The number of benzene rings is 1. The van der Waals surface area contributed by atoms with Gasteiger partial charge in [-0.05, 0) is 45.4 Å². The molecule has 0 aromatic heterocycles. The van der Waals surface area contributed by atoms with Gasteiger partial charge >= 0.3 is 0 Å². The predicted octanol–water partition coefficient (Wildman–Crippen LogP) is 3.16. The normalized spacial score (nSPS) is 24.2. The lowest BCUT2D eigenvalue weighted by atomic mass is 9.42. The Morgan fingerprint density at radius 3 is 1.82 bits per heavy atom. The van der Waals surface area contributed by atoms with Gasteiger partial charge in [-0.2, -0.15) is 0 Å². The third-order valence-corrected chi connectivity index (χ3v) is 4.46. The Morgan fingerprint density at radius 1 is 1.00 bits per heavy atom. The summed E-state index contributed by atoms with van der Waals surface area (Å²) in [6, 6.07) is 7.06. The second-order valence-corrected chi connectivity index (χ2v) is 6.23. The lowest BCUT2D eigenvalue weighted by Crippen LogP contribution is -2.71. The maximum atomic E-state index is 12.1. The van der Waals surface area contributed by atoms with Crippen LogP contribution in [0.4, 0.5) is 0 Å². The van der Waals surface area contributed by atoms with Crippen LogP contribution in [0.25, 0.3) is 0 Å². The van der Waals surface area contributed by atoms with Gasteiger partial charge in [-0.3, -0.25) is 4.79 Å². The van der Waals surface area contributed by atoms with Crippen LogP contribution < -0.4 is 0 Å². The second-order valence-electron chi connectivity index (χ2n) is 5.80. The van der Waals surface area contributed by atoms with Crippen molar-refractivity contribution >= 4 is 17.4 Å². The average Bonchev–Trinajstić information content (AvgIpc) is 2.27. The summed E-state index contributed by atoms with van der Waals surface area (Å²) < 4.78 is 0. The molecule has 0 unspecified atom stereocenters. The first kappa shape index (κ1) is 12.6. The molecule has 0 aliphatic heterocycles. The van der Waals surface area contributed by atoms with Crippen LogP contribution in [0, 0.1) is 10.8 Å².